The average Bonchev–Trinajstić information content (AvgIpc) is 2.57. The topological polar surface area (TPSA) is 23.5 Å². The molecule has 0 aromatic rings. The summed E-state index contributed by atoms with van der Waals surface area (Å²) in [4.78, 5) is 2.47. The first-order chi connectivity index (χ1) is 7.22. The largest absolute Gasteiger partial charge is 0.389 e. The number of hydrogen-bond donors (Lipinski definition) is 1. The maximum Gasteiger partial charge on any atom is 0.0774 e. The van der Waals surface area contributed by atoms with Crippen LogP contribution in [0.25, 0.3) is 0 Å². The summed E-state index contributed by atoms with van der Waals surface area (Å²) in [7, 11) is 0. The highest BCUT2D eigenvalue weighted by Gasteiger charge is 2.33. The Bertz CT molecular complexity index is 195. The fourth-order valence-corrected chi connectivity index (χ4v) is 2.95. The molecule has 2 fully saturated rings. The lowest BCUT2D eigenvalue weighted by atomic mass is 9.85. The van der Waals surface area contributed by atoms with Gasteiger partial charge < -0.3 is 10.0 Å². The number of likely N-dealkylation sites (N-methyl/N-ethyl adjacent to an activating group) is 1. The van der Waals surface area contributed by atoms with Crippen molar-refractivity contribution in [2.24, 2.45) is 5.92 Å². The summed E-state index contributed by atoms with van der Waals surface area (Å²) in [6.07, 6.45) is 8.73. The Morgan fingerprint density at radius 1 is 1.20 bits per heavy atom. The molecule has 1 N–H and O–H groups in total. The van der Waals surface area contributed by atoms with Gasteiger partial charge in [0.05, 0.1) is 5.60 Å². The molecule has 2 aliphatic rings. The zero-order valence-corrected chi connectivity index (χ0v) is 10.0. The van der Waals surface area contributed by atoms with Gasteiger partial charge in [-0.25, -0.2) is 0 Å². The van der Waals surface area contributed by atoms with E-state index in [0.717, 1.165) is 31.8 Å². The maximum absolute atomic E-state index is 10.4. The van der Waals surface area contributed by atoms with Gasteiger partial charge in [-0.1, -0.05) is 26.2 Å². The molecule has 2 aliphatic carbocycles. The Labute approximate surface area is 93.7 Å². The van der Waals surface area contributed by atoms with Crippen molar-refractivity contribution in [1.29, 1.82) is 0 Å². The summed E-state index contributed by atoms with van der Waals surface area (Å²) in [5.41, 5.74) is -0.347. The molecule has 0 spiro atoms. The lowest BCUT2D eigenvalue weighted by molar-refractivity contribution is 0.00318. The van der Waals surface area contributed by atoms with E-state index < -0.39 is 0 Å². The van der Waals surface area contributed by atoms with Gasteiger partial charge in [0.2, 0.25) is 0 Å². The Kier molecular flexibility index (Phi) is 3.68. The van der Waals surface area contributed by atoms with Crippen LogP contribution in [0.5, 0.6) is 0 Å². The fraction of sp³-hybridized carbons (Fsp3) is 1.00. The van der Waals surface area contributed by atoms with E-state index in [1.807, 2.05) is 0 Å². The molecule has 2 nitrogen and oxygen atoms in total. The second-order valence-corrected chi connectivity index (χ2v) is 5.56. The molecule has 0 aliphatic heterocycles. The normalized spacial score (nSPS) is 25.8. The Morgan fingerprint density at radius 3 is 2.33 bits per heavy atom. The van der Waals surface area contributed by atoms with Crippen molar-refractivity contribution in [2.75, 3.05) is 19.6 Å². The lowest BCUT2D eigenvalue weighted by Crippen LogP contribution is -2.43. The van der Waals surface area contributed by atoms with E-state index in [1.165, 1.54) is 38.6 Å². The molecule has 15 heavy (non-hydrogen) atoms. The molecule has 88 valence electrons. The summed E-state index contributed by atoms with van der Waals surface area (Å²) in [5, 5.41) is 10.4. The average molecular weight is 211 g/mol. The van der Waals surface area contributed by atoms with E-state index in [0.29, 0.717) is 0 Å². The fourth-order valence-electron chi connectivity index (χ4n) is 2.95. The van der Waals surface area contributed by atoms with Crippen LogP contribution in [0.2, 0.25) is 0 Å². The maximum atomic E-state index is 10.4. The minimum Gasteiger partial charge on any atom is -0.389 e. The van der Waals surface area contributed by atoms with Crippen molar-refractivity contribution in [1.82, 2.24) is 4.90 Å². The van der Waals surface area contributed by atoms with Crippen LogP contribution in [-0.2, 0) is 0 Å². The van der Waals surface area contributed by atoms with Gasteiger partial charge in [0.1, 0.15) is 0 Å². The van der Waals surface area contributed by atoms with Gasteiger partial charge in [-0.2, -0.15) is 0 Å². The molecule has 0 aromatic heterocycles. The number of hydrogen-bond acceptors (Lipinski definition) is 2. The highest BCUT2D eigenvalue weighted by atomic mass is 16.3. The Morgan fingerprint density at radius 2 is 1.87 bits per heavy atom. The van der Waals surface area contributed by atoms with Crippen molar-refractivity contribution in [3.63, 3.8) is 0 Å². The van der Waals surface area contributed by atoms with Gasteiger partial charge in [0, 0.05) is 13.1 Å². The molecule has 0 amide bonds. The van der Waals surface area contributed by atoms with Crippen molar-refractivity contribution in [2.45, 2.75) is 57.5 Å². The summed E-state index contributed by atoms with van der Waals surface area (Å²) >= 11 is 0. The summed E-state index contributed by atoms with van der Waals surface area (Å²) in [6.45, 7) is 5.45. The highest BCUT2D eigenvalue weighted by Crippen LogP contribution is 2.32. The minimum absolute atomic E-state index is 0.347. The van der Waals surface area contributed by atoms with E-state index in [9.17, 15) is 5.11 Å². The predicted molar refractivity (Wildman–Crippen MR) is 62.9 cm³/mol. The van der Waals surface area contributed by atoms with Gasteiger partial charge >= 0.3 is 0 Å². The zero-order chi connectivity index (χ0) is 10.7. The van der Waals surface area contributed by atoms with E-state index >= 15 is 0 Å². The lowest BCUT2D eigenvalue weighted by Gasteiger charge is -2.35. The van der Waals surface area contributed by atoms with Gasteiger partial charge in [0.15, 0.2) is 0 Å². The van der Waals surface area contributed by atoms with E-state index in [2.05, 4.69) is 11.8 Å². The first kappa shape index (κ1) is 11.4. The smallest absolute Gasteiger partial charge is 0.0774 e. The second-order valence-electron chi connectivity index (χ2n) is 5.56. The molecule has 2 rings (SSSR count). The quantitative estimate of drug-likeness (QED) is 0.755. The van der Waals surface area contributed by atoms with Crippen molar-refractivity contribution in [3.05, 3.63) is 0 Å². The molecule has 0 atom stereocenters. The Hall–Kier alpha value is -0.0800. The number of aliphatic hydroxyl groups is 1. The van der Waals surface area contributed by atoms with Crippen molar-refractivity contribution < 1.29 is 5.11 Å². The third kappa shape index (κ3) is 2.94. The molecule has 0 heterocycles. The monoisotopic (exact) mass is 211 g/mol. The van der Waals surface area contributed by atoms with E-state index in [4.69, 9.17) is 0 Å². The molecule has 0 aromatic carbocycles. The predicted octanol–water partition coefficient (Wildman–Crippen LogP) is 2.41. The van der Waals surface area contributed by atoms with Gasteiger partial charge in [-0.15, -0.1) is 0 Å². The van der Waals surface area contributed by atoms with E-state index in [1.54, 1.807) is 0 Å². The van der Waals surface area contributed by atoms with Gasteiger partial charge in [0.25, 0.3) is 0 Å². The molecule has 0 bridgehead atoms. The van der Waals surface area contributed by atoms with Crippen LogP contribution in [0.1, 0.15) is 51.9 Å². The van der Waals surface area contributed by atoms with Crippen LogP contribution < -0.4 is 0 Å². The van der Waals surface area contributed by atoms with Crippen LogP contribution in [0, 0.1) is 5.92 Å². The number of rotatable bonds is 5. The molecule has 2 heteroatoms. The molecule has 0 saturated heterocycles. The minimum atomic E-state index is -0.347. The van der Waals surface area contributed by atoms with Gasteiger partial charge in [-0.05, 0) is 38.1 Å². The molecule has 2 saturated carbocycles. The van der Waals surface area contributed by atoms with Crippen molar-refractivity contribution in [3.8, 4) is 0 Å². The van der Waals surface area contributed by atoms with E-state index in [-0.39, 0.29) is 5.60 Å². The summed E-state index contributed by atoms with van der Waals surface area (Å²) in [6, 6.07) is 0. The summed E-state index contributed by atoms with van der Waals surface area (Å²) in [5.74, 6) is 0.926. The standard InChI is InChI=1S/C13H25NO/c1-2-14(10-12-6-5-7-12)11-13(15)8-3-4-9-13/h12,15H,2-11H2,1H3. The van der Waals surface area contributed by atoms with Gasteiger partial charge in [-0.3, -0.25) is 0 Å². The SMILES string of the molecule is CCN(CC1CCC1)CC1(O)CCCC1. The Balaban J connectivity index is 1.78. The zero-order valence-electron chi connectivity index (χ0n) is 10.0. The molecular weight excluding hydrogens is 186 g/mol. The molecule has 0 unspecified atom stereocenters. The second kappa shape index (κ2) is 4.84. The number of nitrogens with zero attached hydrogens (tertiary/aromatic N) is 1. The first-order valence-corrected chi connectivity index (χ1v) is 6.66. The van der Waals surface area contributed by atoms with Crippen molar-refractivity contribution >= 4 is 0 Å². The van der Waals surface area contributed by atoms with Crippen LogP contribution in [-0.4, -0.2) is 35.2 Å². The third-order valence-electron chi connectivity index (χ3n) is 4.24. The highest BCUT2D eigenvalue weighted by molar-refractivity contribution is 4.88. The first-order valence-electron chi connectivity index (χ1n) is 6.66. The van der Waals surface area contributed by atoms with Crippen LogP contribution >= 0.6 is 0 Å². The molecular formula is C13H25NO. The van der Waals surface area contributed by atoms with Crippen LogP contribution in [0.4, 0.5) is 0 Å². The third-order valence-corrected chi connectivity index (χ3v) is 4.24. The summed E-state index contributed by atoms with van der Waals surface area (Å²) < 4.78 is 0. The van der Waals surface area contributed by atoms with Crippen LogP contribution in [0.3, 0.4) is 0 Å². The molecule has 0 radical (unpaired) electrons. The van der Waals surface area contributed by atoms with Crippen LogP contribution in [0.15, 0.2) is 0 Å².